The number of methoxy groups -OCH3 is 1. The minimum absolute atomic E-state index is 0.0528. The predicted octanol–water partition coefficient (Wildman–Crippen LogP) is 2.15. The van der Waals surface area contributed by atoms with Gasteiger partial charge in [0.05, 0.1) is 23.7 Å². The van der Waals surface area contributed by atoms with E-state index < -0.39 is 0 Å². The molecule has 0 atom stereocenters. The van der Waals surface area contributed by atoms with Crippen LogP contribution in [0.2, 0.25) is 0 Å². The Hall–Kier alpha value is -2.82. The van der Waals surface area contributed by atoms with E-state index >= 15 is 0 Å². The molecule has 4 rings (SSSR count). The molecule has 0 spiro atoms. The molecule has 0 fully saturated rings. The van der Waals surface area contributed by atoms with Gasteiger partial charge in [0, 0.05) is 29.1 Å². The zero-order chi connectivity index (χ0) is 13.9. The molecule has 0 unspecified atom stereocenters. The summed E-state index contributed by atoms with van der Waals surface area (Å²) in [6, 6.07) is 8.34. The van der Waals surface area contributed by atoms with Crippen molar-refractivity contribution in [2.24, 2.45) is 0 Å². The normalized spacial score (nSPS) is 11.7. The van der Waals surface area contributed by atoms with E-state index in [0.29, 0.717) is 11.3 Å². The summed E-state index contributed by atoms with van der Waals surface area (Å²) in [5, 5.41) is 11.6. The summed E-state index contributed by atoms with van der Waals surface area (Å²) in [6.07, 6.45) is 1.70. The van der Waals surface area contributed by atoms with Crippen LogP contribution >= 0.6 is 0 Å². The molecule has 0 saturated heterocycles. The van der Waals surface area contributed by atoms with Crippen LogP contribution in [0.25, 0.3) is 27.3 Å². The maximum Gasteiger partial charge on any atom is 0.255 e. The molecular formula is C15H10N2O3. The van der Waals surface area contributed by atoms with Crippen LogP contribution in [0.15, 0.2) is 41.3 Å². The average Bonchev–Trinajstić information content (AvgIpc) is 2.78. The third-order valence-electron chi connectivity index (χ3n) is 3.61. The van der Waals surface area contributed by atoms with Crippen molar-refractivity contribution in [1.29, 1.82) is 0 Å². The van der Waals surface area contributed by atoms with Gasteiger partial charge in [0.25, 0.3) is 5.56 Å². The topological polar surface area (TPSA) is 63.8 Å². The third kappa shape index (κ3) is 1.21. The smallest absolute Gasteiger partial charge is 0.255 e. The first-order valence-corrected chi connectivity index (χ1v) is 6.13. The Bertz CT molecular complexity index is 1020. The highest BCUT2D eigenvalue weighted by atomic mass is 16.5. The summed E-state index contributed by atoms with van der Waals surface area (Å²) >= 11 is 0. The molecule has 5 nitrogen and oxygen atoms in total. The SMILES string of the molecule is COc1cc2c(cc1O)c1ccnc3ccc(=O)n2c31. The fourth-order valence-corrected chi connectivity index (χ4v) is 2.74. The quantitative estimate of drug-likeness (QED) is 0.573. The van der Waals surface area contributed by atoms with E-state index in [9.17, 15) is 9.90 Å². The van der Waals surface area contributed by atoms with Crippen LogP contribution in [0.5, 0.6) is 11.5 Å². The summed E-state index contributed by atoms with van der Waals surface area (Å²) < 4.78 is 6.73. The van der Waals surface area contributed by atoms with Crippen molar-refractivity contribution in [2.45, 2.75) is 0 Å². The van der Waals surface area contributed by atoms with Gasteiger partial charge >= 0.3 is 0 Å². The maximum absolute atomic E-state index is 12.2. The van der Waals surface area contributed by atoms with Crippen LogP contribution in [0.3, 0.4) is 0 Å². The Morgan fingerprint density at radius 3 is 2.85 bits per heavy atom. The Morgan fingerprint density at radius 2 is 2.05 bits per heavy atom. The largest absolute Gasteiger partial charge is 0.504 e. The monoisotopic (exact) mass is 266 g/mol. The van der Waals surface area contributed by atoms with Crippen LogP contribution in [0.1, 0.15) is 0 Å². The van der Waals surface area contributed by atoms with E-state index in [4.69, 9.17) is 4.74 Å². The Morgan fingerprint density at radius 1 is 1.20 bits per heavy atom. The Labute approximate surface area is 113 Å². The van der Waals surface area contributed by atoms with Crippen molar-refractivity contribution < 1.29 is 9.84 Å². The maximum atomic E-state index is 12.2. The number of fused-ring (bicyclic) bond motifs is 3. The van der Waals surface area contributed by atoms with Gasteiger partial charge in [0.1, 0.15) is 0 Å². The molecule has 98 valence electrons. The van der Waals surface area contributed by atoms with Crippen LogP contribution in [0, 0.1) is 0 Å². The van der Waals surface area contributed by atoms with Gasteiger partial charge in [-0.1, -0.05) is 0 Å². The molecule has 0 aliphatic carbocycles. The third-order valence-corrected chi connectivity index (χ3v) is 3.61. The fraction of sp³-hybridized carbons (Fsp3) is 0.0667. The molecule has 1 N–H and O–H groups in total. The molecule has 0 aliphatic heterocycles. The number of phenolic OH excluding ortho intramolecular Hbond substituents is 1. The van der Waals surface area contributed by atoms with Gasteiger partial charge in [0.15, 0.2) is 11.5 Å². The zero-order valence-corrected chi connectivity index (χ0v) is 10.6. The zero-order valence-electron chi connectivity index (χ0n) is 10.6. The number of hydrogen-bond acceptors (Lipinski definition) is 4. The second-order valence-electron chi connectivity index (χ2n) is 4.64. The lowest BCUT2D eigenvalue weighted by atomic mass is 10.1. The lowest BCUT2D eigenvalue weighted by Crippen LogP contribution is -2.10. The number of hydrogen-bond donors (Lipinski definition) is 1. The van der Waals surface area contributed by atoms with E-state index in [1.54, 1.807) is 28.8 Å². The number of benzene rings is 1. The highest BCUT2D eigenvalue weighted by molar-refractivity contribution is 6.13. The lowest BCUT2D eigenvalue weighted by molar-refractivity contribution is 0.374. The summed E-state index contributed by atoms with van der Waals surface area (Å²) in [7, 11) is 1.48. The summed E-state index contributed by atoms with van der Waals surface area (Å²) in [4.78, 5) is 16.5. The molecule has 4 aromatic rings. The van der Waals surface area contributed by atoms with Crippen molar-refractivity contribution in [2.75, 3.05) is 7.11 Å². The van der Waals surface area contributed by atoms with Crippen molar-refractivity contribution in [3.63, 3.8) is 0 Å². The second-order valence-corrected chi connectivity index (χ2v) is 4.64. The second kappa shape index (κ2) is 3.60. The highest BCUT2D eigenvalue weighted by Gasteiger charge is 2.16. The predicted molar refractivity (Wildman–Crippen MR) is 75.9 cm³/mol. The fourth-order valence-electron chi connectivity index (χ4n) is 2.74. The van der Waals surface area contributed by atoms with Gasteiger partial charge in [-0.25, -0.2) is 0 Å². The van der Waals surface area contributed by atoms with Gasteiger partial charge in [-0.05, 0) is 18.2 Å². The molecule has 0 amide bonds. The number of nitrogens with zero attached hydrogens (tertiary/aromatic N) is 2. The number of ether oxygens (including phenoxy) is 1. The molecule has 5 heteroatoms. The molecule has 0 saturated carbocycles. The van der Waals surface area contributed by atoms with E-state index in [0.717, 1.165) is 21.8 Å². The number of aromatic hydroxyl groups is 1. The molecule has 3 aromatic heterocycles. The summed E-state index contributed by atoms with van der Waals surface area (Å²) in [6.45, 7) is 0. The lowest BCUT2D eigenvalue weighted by Gasteiger charge is -2.03. The molecule has 0 aliphatic rings. The molecule has 1 aromatic carbocycles. The van der Waals surface area contributed by atoms with Crippen LogP contribution in [-0.2, 0) is 0 Å². The first kappa shape index (κ1) is 11.0. The number of pyridine rings is 2. The number of phenols is 1. The first-order chi connectivity index (χ1) is 9.70. The minimum atomic E-state index is -0.127. The summed E-state index contributed by atoms with van der Waals surface area (Å²) in [5.74, 6) is 0.394. The van der Waals surface area contributed by atoms with Crippen molar-refractivity contribution in [3.05, 3.63) is 46.9 Å². The van der Waals surface area contributed by atoms with Crippen LogP contribution in [-0.4, -0.2) is 21.6 Å². The highest BCUT2D eigenvalue weighted by Crippen LogP contribution is 2.36. The molecule has 20 heavy (non-hydrogen) atoms. The van der Waals surface area contributed by atoms with E-state index in [-0.39, 0.29) is 11.3 Å². The number of rotatable bonds is 1. The van der Waals surface area contributed by atoms with E-state index in [1.807, 2.05) is 6.07 Å². The molecule has 0 radical (unpaired) electrons. The van der Waals surface area contributed by atoms with Gasteiger partial charge in [-0.2, -0.15) is 0 Å². The standard InChI is InChI=1S/C15H10N2O3/c1-20-13-7-11-9(6-12(13)18)8-4-5-16-10-2-3-14(19)17(11)15(8)10/h2-7,18H,1H3. The molecule has 3 heterocycles. The van der Waals surface area contributed by atoms with E-state index in [2.05, 4.69) is 4.98 Å². The first-order valence-electron chi connectivity index (χ1n) is 6.13. The van der Waals surface area contributed by atoms with Gasteiger partial charge in [-0.15, -0.1) is 0 Å². The van der Waals surface area contributed by atoms with Crippen LogP contribution in [0.4, 0.5) is 0 Å². The van der Waals surface area contributed by atoms with Gasteiger partial charge in [0.2, 0.25) is 0 Å². The molecule has 0 bridgehead atoms. The van der Waals surface area contributed by atoms with Crippen molar-refractivity contribution in [3.8, 4) is 11.5 Å². The van der Waals surface area contributed by atoms with Crippen LogP contribution < -0.4 is 10.3 Å². The minimum Gasteiger partial charge on any atom is -0.504 e. The van der Waals surface area contributed by atoms with Gasteiger partial charge in [-0.3, -0.25) is 14.2 Å². The Kier molecular flexibility index (Phi) is 1.99. The van der Waals surface area contributed by atoms with E-state index in [1.165, 1.54) is 13.2 Å². The van der Waals surface area contributed by atoms with Gasteiger partial charge < -0.3 is 9.84 Å². The van der Waals surface area contributed by atoms with Crippen molar-refractivity contribution in [1.82, 2.24) is 9.38 Å². The average molecular weight is 266 g/mol. The number of aromatic nitrogens is 2. The molecular weight excluding hydrogens is 256 g/mol. The Balaban J connectivity index is 2.41. The van der Waals surface area contributed by atoms with Crippen molar-refractivity contribution >= 4 is 27.3 Å². The summed E-state index contributed by atoms with van der Waals surface area (Å²) in [5.41, 5.74) is 2.09.